The number of halogens is 1. The number of furan rings is 1. The Morgan fingerprint density at radius 1 is 1.26 bits per heavy atom. The van der Waals surface area contributed by atoms with Crippen LogP contribution in [0.15, 0.2) is 40.8 Å². The summed E-state index contributed by atoms with van der Waals surface area (Å²) in [7, 11) is 0. The monoisotopic (exact) mass is 447 g/mol. The molecule has 3 rings (SSSR count). The van der Waals surface area contributed by atoms with E-state index in [0.29, 0.717) is 30.1 Å². The fourth-order valence-electron chi connectivity index (χ4n) is 3.99. The lowest BCUT2D eigenvalue weighted by Gasteiger charge is -2.37. The molecule has 31 heavy (non-hydrogen) atoms. The zero-order valence-corrected chi connectivity index (χ0v) is 19.3. The number of likely N-dealkylation sites (tertiary alicyclic amines) is 1. The summed E-state index contributed by atoms with van der Waals surface area (Å²) in [6.45, 7) is 9.81. The van der Waals surface area contributed by atoms with Gasteiger partial charge in [0.1, 0.15) is 11.5 Å². The zero-order valence-electron chi connectivity index (χ0n) is 18.5. The molecule has 1 aliphatic rings. The molecular formula is C24H34ClN3O3. The summed E-state index contributed by atoms with van der Waals surface area (Å²) in [6.07, 6.45) is 2.14. The fraction of sp³-hybridized carbons (Fsp3) is 0.542. The van der Waals surface area contributed by atoms with Crippen LogP contribution in [0.3, 0.4) is 0 Å². The maximum atomic E-state index is 12.3. The van der Waals surface area contributed by atoms with Crippen molar-refractivity contribution < 1.29 is 13.9 Å². The zero-order chi connectivity index (χ0) is 22.1. The van der Waals surface area contributed by atoms with Gasteiger partial charge in [0.25, 0.3) is 0 Å². The SMILES string of the molecule is CCOCCCN1CC[C@@H](NCC(=O)NCc2ccc(-c3ccc(Cl)cc3)o2)[C@H](C)C1. The van der Waals surface area contributed by atoms with Gasteiger partial charge >= 0.3 is 0 Å². The predicted octanol–water partition coefficient (Wildman–Crippen LogP) is 3.94. The molecule has 2 aromatic rings. The topological polar surface area (TPSA) is 66.7 Å². The summed E-state index contributed by atoms with van der Waals surface area (Å²) in [5, 5.41) is 7.06. The van der Waals surface area contributed by atoms with E-state index in [0.717, 1.165) is 62.8 Å². The number of amides is 1. The molecule has 7 heteroatoms. The second-order valence-electron chi connectivity index (χ2n) is 8.15. The molecule has 1 fully saturated rings. The van der Waals surface area contributed by atoms with E-state index in [1.165, 1.54) is 0 Å². The third kappa shape index (κ3) is 7.65. The number of carbonyl (C=O) groups is 1. The lowest BCUT2D eigenvalue weighted by Crippen LogP contribution is -2.50. The molecule has 1 aliphatic heterocycles. The van der Waals surface area contributed by atoms with E-state index < -0.39 is 0 Å². The molecule has 0 saturated carbocycles. The average molecular weight is 448 g/mol. The van der Waals surface area contributed by atoms with Gasteiger partial charge in [-0.25, -0.2) is 0 Å². The highest BCUT2D eigenvalue weighted by Crippen LogP contribution is 2.23. The number of nitrogens with one attached hydrogen (secondary N) is 2. The number of nitrogens with zero attached hydrogens (tertiary/aromatic N) is 1. The lowest BCUT2D eigenvalue weighted by atomic mass is 9.93. The summed E-state index contributed by atoms with van der Waals surface area (Å²) in [4.78, 5) is 14.8. The summed E-state index contributed by atoms with van der Waals surface area (Å²) in [6, 6.07) is 11.7. The van der Waals surface area contributed by atoms with Gasteiger partial charge in [-0.2, -0.15) is 0 Å². The number of rotatable bonds is 11. The molecule has 0 unspecified atom stereocenters. The molecule has 1 saturated heterocycles. The van der Waals surface area contributed by atoms with Crippen LogP contribution >= 0.6 is 11.6 Å². The van der Waals surface area contributed by atoms with Crippen molar-refractivity contribution in [2.75, 3.05) is 39.4 Å². The first-order valence-corrected chi connectivity index (χ1v) is 11.6. The van der Waals surface area contributed by atoms with E-state index in [1.807, 2.05) is 43.3 Å². The van der Waals surface area contributed by atoms with Crippen molar-refractivity contribution in [1.29, 1.82) is 0 Å². The van der Waals surface area contributed by atoms with Crippen molar-refractivity contribution in [3.05, 3.63) is 47.2 Å². The van der Waals surface area contributed by atoms with Gasteiger partial charge in [-0.05, 0) is 68.6 Å². The second-order valence-corrected chi connectivity index (χ2v) is 8.59. The smallest absolute Gasteiger partial charge is 0.234 e. The number of hydrogen-bond donors (Lipinski definition) is 2. The molecule has 2 atom stereocenters. The van der Waals surface area contributed by atoms with Crippen molar-refractivity contribution in [2.45, 2.75) is 39.3 Å². The number of carbonyl (C=O) groups excluding carboxylic acids is 1. The number of ether oxygens (including phenoxy) is 1. The van der Waals surface area contributed by atoms with Crippen LogP contribution in [0.1, 0.15) is 32.4 Å². The van der Waals surface area contributed by atoms with Crippen LogP contribution < -0.4 is 10.6 Å². The average Bonchev–Trinajstić information content (AvgIpc) is 3.24. The molecule has 0 bridgehead atoms. The van der Waals surface area contributed by atoms with Crippen LogP contribution in [-0.2, 0) is 16.1 Å². The molecule has 170 valence electrons. The van der Waals surface area contributed by atoms with Crippen LogP contribution in [0.4, 0.5) is 0 Å². The molecule has 0 spiro atoms. The van der Waals surface area contributed by atoms with Gasteiger partial charge in [0.2, 0.25) is 5.91 Å². The number of benzene rings is 1. The Labute approximate surface area is 190 Å². The third-order valence-corrected chi connectivity index (χ3v) is 5.98. The Morgan fingerprint density at radius 2 is 2.06 bits per heavy atom. The van der Waals surface area contributed by atoms with Crippen molar-refractivity contribution >= 4 is 17.5 Å². The quantitative estimate of drug-likeness (QED) is 0.510. The van der Waals surface area contributed by atoms with E-state index in [9.17, 15) is 4.79 Å². The molecule has 2 N–H and O–H groups in total. The Balaban J connectivity index is 1.35. The first-order valence-electron chi connectivity index (χ1n) is 11.2. The summed E-state index contributed by atoms with van der Waals surface area (Å²) < 4.78 is 11.3. The number of piperidine rings is 1. The van der Waals surface area contributed by atoms with Crippen molar-refractivity contribution in [3.63, 3.8) is 0 Å². The molecule has 0 aliphatic carbocycles. The summed E-state index contributed by atoms with van der Waals surface area (Å²) >= 11 is 5.93. The van der Waals surface area contributed by atoms with Crippen LogP contribution in [0.25, 0.3) is 11.3 Å². The van der Waals surface area contributed by atoms with Gasteiger partial charge in [0, 0.05) is 42.9 Å². The predicted molar refractivity (Wildman–Crippen MR) is 124 cm³/mol. The first kappa shape index (κ1) is 23.8. The van der Waals surface area contributed by atoms with E-state index in [4.69, 9.17) is 20.8 Å². The minimum atomic E-state index is -0.0178. The van der Waals surface area contributed by atoms with Crippen molar-refractivity contribution in [1.82, 2.24) is 15.5 Å². The molecule has 0 radical (unpaired) electrons. The summed E-state index contributed by atoms with van der Waals surface area (Å²) in [5.74, 6) is 1.99. The second kappa shape index (κ2) is 12.2. The van der Waals surface area contributed by atoms with Crippen molar-refractivity contribution in [2.24, 2.45) is 5.92 Å². The minimum absolute atomic E-state index is 0.0178. The van der Waals surface area contributed by atoms with Gasteiger partial charge < -0.3 is 24.7 Å². The van der Waals surface area contributed by atoms with E-state index in [-0.39, 0.29) is 5.91 Å². The highest BCUT2D eigenvalue weighted by molar-refractivity contribution is 6.30. The Kier molecular flexibility index (Phi) is 9.40. The minimum Gasteiger partial charge on any atom is -0.459 e. The first-order chi connectivity index (χ1) is 15.0. The lowest BCUT2D eigenvalue weighted by molar-refractivity contribution is -0.120. The molecule has 1 aromatic heterocycles. The molecular weight excluding hydrogens is 414 g/mol. The number of hydrogen-bond acceptors (Lipinski definition) is 5. The maximum absolute atomic E-state index is 12.3. The van der Waals surface area contributed by atoms with E-state index >= 15 is 0 Å². The normalized spacial score (nSPS) is 19.5. The van der Waals surface area contributed by atoms with Gasteiger partial charge in [0.05, 0.1) is 13.1 Å². The summed E-state index contributed by atoms with van der Waals surface area (Å²) in [5.41, 5.74) is 0.960. The van der Waals surface area contributed by atoms with Crippen molar-refractivity contribution in [3.8, 4) is 11.3 Å². The largest absolute Gasteiger partial charge is 0.459 e. The van der Waals surface area contributed by atoms with Gasteiger partial charge in [-0.1, -0.05) is 18.5 Å². The third-order valence-electron chi connectivity index (χ3n) is 5.73. The highest BCUT2D eigenvalue weighted by Gasteiger charge is 2.25. The van der Waals surface area contributed by atoms with E-state index in [2.05, 4.69) is 22.5 Å². The molecule has 1 aromatic carbocycles. The van der Waals surface area contributed by atoms with Gasteiger partial charge in [-0.3, -0.25) is 4.79 Å². The Morgan fingerprint density at radius 3 is 2.81 bits per heavy atom. The van der Waals surface area contributed by atoms with Crippen LogP contribution in [-0.4, -0.2) is 56.2 Å². The van der Waals surface area contributed by atoms with Crippen LogP contribution in [0.2, 0.25) is 5.02 Å². The van der Waals surface area contributed by atoms with Gasteiger partial charge in [0.15, 0.2) is 0 Å². The van der Waals surface area contributed by atoms with Gasteiger partial charge in [-0.15, -0.1) is 0 Å². The standard InChI is InChI=1S/C24H34ClN3O3/c1-3-30-14-4-12-28-13-11-22(18(2)17-28)26-16-24(29)27-15-21-9-10-23(31-21)19-5-7-20(25)8-6-19/h5-10,18,22,26H,3-4,11-17H2,1-2H3,(H,27,29)/t18-,22-/m1/s1. The maximum Gasteiger partial charge on any atom is 0.234 e. The Bertz CT molecular complexity index is 809. The van der Waals surface area contributed by atoms with E-state index in [1.54, 1.807) is 0 Å². The fourth-order valence-corrected chi connectivity index (χ4v) is 4.11. The van der Waals surface area contributed by atoms with Crippen LogP contribution in [0, 0.1) is 5.92 Å². The molecule has 6 nitrogen and oxygen atoms in total. The Hall–Kier alpha value is -1.86. The van der Waals surface area contributed by atoms with Crippen LogP contribution in [0.5, 0.6) is 0 Å². The molecule has 2 heterocycles. The highest BCUT2D eigenvalue weighted by atomic mass is 35.5. The molecule has 1 amide bonds.